The summed E-state index contributed by atoms with van der Waals surface area (Å²) >= 11 is 0. The Hall–Kier alpha value is -2.22. The summed E-state index contributed by atoms with van der Waals surface area (Å²) in [5.74, 6) is 0. The first kappa shape index (κ1) is 12.8. The summed E-state index contributed by atoms with van der Waals surface area (Å²) in [4.78, 5) is 10.4. The Kier molecular flexibility index (Phi) is 3.46. The summed E-state index contributed by atoms with van der Waals surface area (Å²) in [7, 11) is 0. The molecule has 2 heterocycles. The van der Waals surface area contributed by atoms with E-state index in [0.29, 0.717) is 5.52 Å². The maximum Gasteiger partial charge on any atom is 0.300 e. The van der Waals surface area contributed by atoms with Crippen molar-refractivity contribution in [3.8, 4) is 0 Å². The van der Waals surface area contributed by atoms with Gasteiger partial charge in [0.15, 0.2) is 5.52 Å². The van der Waals surface area contributed by atoms with Gasteiger partial charge < -0.3 is 10.6 Å². The van der Waals surface area contributed by atoms with E-state index < -0.39 is 4.92 Å². The summed E-state index contributed by atoms with van der Waals surface area (Å²) in [6.07, 6.45) is 3.37. The second-order valence-corrected chi connectivity index (χ2v) is 4.89. The van der Waals surface area contributed by atoms with Gasteiger partial charge in [-0.1, -0.05) is 6.42 Å². The second kappa shape index (κ2) is 5.41. The molecule has 1 aromatic heterocycles. The largest absolute Gasteiger partial charge is 0.379 e. The fourth-order valence-corrected chi connectivity index (χ4v) is 2.48. The van der Waals surface area contributed by atoms with Crippen LogP contribution in [-0.2, 0) is 0 Å². The number of hydrogen-bond donors (Lipinski definition) is 2. The lowest BCUT2D eigenvalue weighted by molar-refractivity contribution is -0.383. The molecule has 0 saturated carbocycles. The van der Waals surface area contributed by atoms with Crippen molar-refractivity contribution in [3.05, 3.63) is 22.2 Å². The van der Waals surface area contributed by atoms with E-state index >= 15 is 0 Å². The van der Waals surface area contributed by atoms with Gasteiger partial charge in [-0.05, 0) is 35.8 Å². The molecule has 0 spiro atoms. The highest BCUT2D eigenvalue weighted by Crippen LogP contribution is 2.29. The van der Waals surface area contributed by atoms with Crippen molar-refractivity contribution in [2.45, 2.75) is 25.3 Å². The SMILES string of the molecule is O=[N+]([O-])c1ccc(NC2CCCCNC2)c2nonc12. The van der Waals surface area contributed by atoms with Crippen LogP contribution < -0.4 is 10.6 Å². The van der Waals surface area contributed by atoms with Gasteiger partial charge in [0, 0.05) is 18.7 Å². The molecule has 20 heavy (non-hydrogen) atoms. The number of anilines is 1. The van der Waals surface area contributed by atoms with Crippen LogP contribution in [0, 0.1) is 10.1 Å². The zero-order valence-electron chi connectivity index (χ0n) is 10.8. The van der Waals surface area contributed by atoms with Crippen molar-refractivity contribution < 1.29 is 9.55 Å². The van der Waals surface area contributed by atoms with Gasteiger partial charge in [0.05, 0.1) is 10.6 Å². The normalized spacial score (nSPS) is 19.7. The van der Waals surface area contributed by atoms with Gasteiger partial charge in [-0.25, -0.2) is 4.63 Å². The Morgan fingerprint density at radius 3 is 3.05 bits per heavy atom. The molecule has 1 aliphatic heterocycles. The Morgan fingerprint density at radius 1 is 1.35 bits per heavy atom. The third kappa shape index (κ3) is 2.42. The molecule has 0 aliphatic carbocycles. The Bertz CT molecular complexity index is 619. The van der Waals surface area contributed by atoms with E-state index in [4.69, 9.17) is 0 Å². The van der Waals surface area contributed by atoms with E-state index in [1.54, 1.807) is 6.07 Å². The molecular weight excluding hydrogens is 262 g/mol. The molecule has 1 fully saturated rings. The van der Waals surface area contributed by atoms with Crippen LogP contribution >= 0.6 is 0 Å². The van der Waals surface area contributed by atoms with E-state index in [1.807, 2.05) is 0 Å². The first-order chi connectivity index (χ1) is 9.75. The predicted molar refractivity (Wildman–Crippen MR) is 72.6 cm³/mol. The van der Waals surface area contributed by atoms with Crippen LogP contribution in [0.25, 0.3) is 11.0 Å². The lowest BCUT2D eigenvalue weighted by Crippen LogP contribution is -2.30. The molecule has 1 atom stereocenters. The number of nitro groups is 1. The van der Waals surface area contributed by atoms with E-state index in [9.17, 15) is 10.1 Å². The molecule has 1 saturated heterocycles. The quantitative estimate of drug-likeness (QED) is 0.649. The first-order valence-electron chi connectivity index (χ1n) is 6.62. The highest BCUT2D eigenvalue weighted by Gasteiger charge is 2.21. The molecule has 2 aromatic rings. The number of hydrogen-bond acceptors (Lipinski definition) is 7. The minimum Gasteiger partial charge on any atom is -0.379 e. The Labute approximate surface area is 114 Å². The standard InChI is InChI=1S/C12H15N5O3/c18-17(19)10-5-4-9(11-12(10)16-20-15-11)14-8-3-1-2-6-13-7-8/h4-5,8,13-14H,1-3,6-7H2. The molecule has 1 aliphatic rings. The molecule has 0 radical (unpaired) electrons. The highest BCUT2D eigenvalue weighted by molar-refractivity contribution is 5.93. The van der Waals surface area contributed by atoms with Crippen molar-refractivity contribution >= 4 is 22.4 Å². The summed E-state index contributed by atoms with van der Waals surface area (Å²) in [5, 5.41) is 25.1. The van der Waals surface area contributed by atoms with Crippen LogP contribution in [0.3, 0.4) is 0 Å². The van der Waals surface area contributed by atoms with E-state index in [0.717, 1.165) is 31.6 Å². The van der Waals surface area contributed by atoms with Gasteiger partial charge >= 0.3 is 5.69 Å². The summed E-state index contributed by atoms with van der Waals surface area (Å²) in [6, 6.07) is 3.37. The second-order valence-electron chi connectivity index (χ2n) is 4.89. The first-order valence-corrected chi connectivity index (χ1v) is 6.62. The molecule has 0 amide bonds. The molecule has 2 N–H and O–H groups in total. The smallest absolute Gasteiger partial charge is 0.300 e. The fourth-order valence-electron chi connectivity index (χ4n) is 2.48. The minimum atomic E-state index is -0.483. The third-order valence-corrected chi connectivity index (χ3v) is 3.50. The van der Waals surface area contributed by atoms with E-state index in [-0.39, 0.29) is 17.2 Å². The number of nitrogens with one attached hydrogen (secondary N) is 2. The fraction of sp³-hybridized carbons (Fsp3) is 0.500. The average Bonchev–Trinajstić information content (AvgIpc) is 2.78. The van der Waals surface area contributed by atoms with Crippen LogP contribution in [0.5, 0.6) is 0 Å². The summed E-state index contributed by atoms with van der Waals surface area (Å²) in [6.45, 7) is 1.89. The zero-order valence-corrected chi connectivity index (χ0v) is 10.8. The third-order valence-electron chi connectivity index (χ3n) is 3.50. The van der Waals surface area contributed by atoms with Crippen LogP contribution in [0.15, 0.2) is 16.8 Å². The number of non-ortho nitro benzene ring substituents is 1. The van der Waals surface area contributed by atoms with Crippen LogP contribution in [-0.4, -0.2) is 34.4 Å². The minimum absolute atomic E-state index is 0.0919. The Balaban J connectivity index is 1.90. The van der Waals surface area contributed by atoms with E-state index in [1.165, 1.54) is 12.5 Å². The van der Waals surface area contributed by atoms with Crippen molar-refractivity contribution in [3.63, 3.8) is 0 Å². The van der Waals surface area contributed by atoms with Crippen molar-refractivity contribution in [2.75, 3.05) is 18.4 Å². The van der Waals surface area contributed by atoms with Gasteiger partial charge in [0.1, 0.15) is 0 Å². The molecule has 106 valence electrons. The number of rotatable bonds is 3. The van der Waals surface area contributed by atoms with Crippen molar-refractivity contribution in [2.24, 2.45) is 0 Å². The van der Waals surface area contributed by atoms with Crippen molar-refractivity contribution in [1.29, 1.82) is 0 Å². The van der Waals surface area contributed by atoms with Gasteiger partial charge in [-0.15, -0.1) is 0 Å². The van der Waals surface area contributed by atoms with Crippen LogP contribution in [0.2, 0.25) is 0 Å². The Morgan fingerprint density at radius 2 is 2.20 bits per heavy atom. The number of benzene rings is 1. The molecule has 8 nitrogen and oxygen atoms in total. The lowest BCUT2D eigenvalue weighted by atomic mass is 10.1. The summed E-state index contributed by atoms with van der Waals surface area (Å²) in [5.41, 5.74) is 1.22. The lowest BCUT2D eigenvalue weighted by Gasteiger charge is -2.17. The maximum absolute atomic E-state index is 10.9. The summed E-state index contributed by atoms with van der Waals surface area (Å²) < 4.78 is 4.65. The van der Waals surface area contributed by atoms with E-state index in [2.05, 4.69) is 25.6 Å². The molecule has 1 unspecified atom stereocenters. The maximum atomic E-state index is 10.9. The highest BCUT2D eigenvalue weighted by atomic mass is 16.6. The van der Waals surface area contributed by atoms with Crippen molar-refractivity contribution in [1.82, 2.24) is 15.6 Å². The van der Waals surface area contributed by atoms with Gasteiger partial charge in [-0.2, -0.15) is 0 Å². The van der Waals surface area contributed by atoms with Crippen LogP contribution in [0.1, 0.15) is 19.3 Å². The average molecular weight is 277 g/mol. The molecule has 1 aromatic carbocycles. The number of nitrogens with zero attached hydrogens (tertiary/aromatic N) is 3. The zero-order chi connectivity index (χ0) is 13.9. The van der Waals surface area contributed by atoms with Gasteiger partial charge in [0.2, 0.25) is 5.52 Å². The predicted octanol–water partition coefficient (Wildman–Crippen LogP) is 1.68. The number of aromatic nitrogens is 2. The molecular formula is C12H15N5O3. The monoisotopic (exact) mass is 277 g/mol. The topological polar surface area (TPSA) is 106 Å². The van der Waals surface area contributed by atoms with Crippen LogP contribution in [0.4, 0.5) is 11.4 Å². The molecule has 0 bridgehead atoms. The molecule has 8 heteroatoms. The van der Waals surface area contributed by atoms with Gasteiger partial charge in [0.25, 0.3) is 0 Å². The molecule has 3 rings (SSSR count). The number of fused-ring (bicyclic) bond motifs is 1. The van der Waals surface area contributed by atoms with Gasteiger partial charge in [-0.3, -0.25) is 10.1 Å². The number of nitro benzene ring substituents is 1.